The first-order valence-electron chi connectivity index (χ1n) is 9.32. The molecule has 1 saturated heterocycles. The van der Waals surface area contributed by atoms with Gasteiger partial charge in [0.05, 0.1) is 11.8 Å². The number of hydrogen-bond donors (Lipinski definition) is 1. The van der Waals surface area contributed by atoms with Crippen LogP contribution in [0.2, 0.25) is 0 Å². The molecule has 1 heterocycles. The number of aryl methyl sites for hydroxylation is 1. The molecule has 1 aliphatic heterocycles. The molecule has 5 unspecified atom stereocenters. The normalized spacial score (nSPS) is 30.0. The third-order valence-electron chi connectivity index (χ3n) is 6.12. The van der Waals surface area contributed by atoms with Crippen LogP contribution in [-0.4, -0.2) is 35.7 Å². The van der Waals surface area contributed by atoms with E-state index in [1.165, 1.54) is 10.5 Å². The van der Waals surface area contributed by atoms with Crippen molar-refractivity contribution >= 4 is 17.7 Å². The molecule has 26 heavy (non-hydrogen) atoms. The second-order valence-electron chi connectivity index (χ2n) is 7.88. The van der Waals surface area contributed by atoms with Gasteiger partial charge in [0.1, 0.15) is 6.54 Å². The van der Waals surface area contributed by atoms with Gasteiger partial charge in [0.2, 0.25) is 17.7 Å². The Kier molecular flexibility index (Phi) is 4.17. The lowest BCUT2D eigenvalue weighted by molar-refractivity contribution is -0.144. The van der Waals surface area contributed by atoms with Gasteiger partial charge in [0.25, 0.3) is 0 Å². The van der Waals surface area contributed by atoms with Crippen molar-refractivity contribution in [3.63, 3.8) is 0 Å². The molecule has 136 valence electrons. The zero-order valence-corrected chi connectivity index (χ0v) is 15.1. The number of amides is 3. The van der Waals surface area contributed by atoms with Crippen molar-refractivity contribution in [1.29, 1.82) is 0 Å². The maximum absolute atomic E-state index is 12.6. The summed E-state index contributed by atoms with van der Waals surface area (Å²) in [4.78, 5) is 38.7. The van der Waals surface area contributed by atoms with Crippen LogP contribution in [0.25, 0.3) is 0 Å². The number of benzene rings is 1. The van der Waals surface area contributed by atoms with Gasteiger partial charge in [0, 0.05) is 6.54 Å². The van der Waals surface area contributed by atoms with Crippen LogP contribution in [0.15, 0.2) is 36.4 Å². The molecule has 0 spiro atoms. The molecular weight excluding hydrogens is 328 g/mol. The molecular formula is C21H24N2O3. The Bertz CT molecular complexity index is 753. The average molecular weight is 352 g/mol. The highest BCUT2D eigenvalue weighted by Gasteiger charge is 2.59. The second kappa shape index (κ2) is 6.38. The summed E-state index contributed by atoms with van der Waals surface area (Å²) in [5, 5.41) is 2.87. The Hall–Kier alpha value is -2.43. The lowest BCUT2D eigenvalue weighted by Gasteiger charge is -2.18. The molecule has 3 aliphatic rings. The Labute approximate surface area is 153 Å². The number of rotatable bonds is 5. The summed E-state index contributed by atoms with van der Waals surface area (Å²) in [6, 6.07) is 8.22. The molecule has 2 bridgehead atoms. The summed E-state index contributed by atoms with van der Waals surface area (Å²) in [6.45, 7) is 4.41. The number of imide groups is 1. The summed E-state index contributed by atoms with van der Waals surface area (Å²) in [5.41, 5.74) is 2.35. The van der Waals surface area contributed by atoms with E-state index in [4.69, 9.17) is 0 Å². The fourth-order valence-corrected chi connectivity index (χ4v) is 4.60. The fourth-order valence-electron chi connectivity index (χ4n) is 4.60. The number of carbonyl (C=O) groups excluding carboxylic acids is 3. The van der Waals surface area contributed by atoms with E-state index in [-0.39, 0.29) is 53.9 Å². The lowest BCUT2D eigenvalue weighted by Crippen LogP contribution is -2.42. The average Bonchev–Trinajstić information content (AvgIpc) is 3.30. The van der Waals surface area contributed by atoms with Crippen LogP contribution in [0.3, 0.4) is 0 Å². The van der Waals surface area contributed by atoms with Gasteiger partial charge in [-0.25, -0.2) is 0 Å². The summed E-state index contributed by atoms with van der Waals surface area (Å²) in [5.74, 6) is -0.562. The Morgan fingerprint density at radius 2 is 1.69 bits per heavy atom. The van der Waals surface area contributed by atoms with Crippen molar-refractivity contribution < 1.29 is 14.4 Å². The minimum atomic E-state index is -0.272. The highest BCUT2D eigenvalue weighted by Crippen LogP contribution is 2.52. The topological polar surface area (TPSA) is 66.5 Å². The maximum atomic E-state index is 12.6. The van der Waals surface area contributed by atoms with E-state index >= 15 is 0 Å². The SMILES string of the molecule is Cc1ccc(C(C)CNC(=O)CN2C(=O)C3C4C=CC(C4)C3C2=O)cc1. The van der Waals surface area contributed by atoms with Crippen LogP contribution >= 0.6 is 0 Å². The zero-order chi connectivity index (χ0) is 18.4. The predicted octanol–water partition coefficient (Wildman–Crippen LogP) is 2.02. The van der Waals surface area contributed by atoms with Gasteiger partial charge in [-0.05, 0) is 36.7 Å². The van der Waals surface area contributed by atoms with Crippen LogP contribution in [-0.2, 0) is 14.4 Å². The molecule has 0 radical (unpaired) electrons. The van der Waals surface area contributed by atoms with E-state index in [9.17, 15) is 14.4 Å². The van der Waals surface area contributed by atoms with Crippen molar-refractivity contribution in [3.8, 4) is 0 Å². The van der Waals surface area contributed by atoms with Crippen LogP contribution < -0.4 is 5.32 Å². The molecule has 2 fully saturated rings. The van der Waals surface area contributed by atoms with Crippen LogP contribution in [0.4, 0.5) is 0 Å². The van der Waals surface area contributed by atoms with Crippen LogP contribution in [0.1, 0.15) is 30.4 Å². The molecule has 1 saturated carbocycles. The molecule has 1 N–H and O–H groups in total. The predicted molar refractivity (Wildman–Crippen MR) is 97.0 cm³/mol. The molecule has 2 aliphatic carbocycles. The third kappa shape index (κ3) is 2.75. The molecule has 3 amide bonds. The summed E-state index contributed by atoms with van der Waals surface area (Å²) < 4.78 is 0. The van der Waals surface area contributed by atoms with Gasteiger partial charge < -0.3 is 5.32 Å². The van der Waals surface area contributed by atoms with Crippen LogP contribution in [0.5, 0.6) is 0 Å². The minimum absolute atomic E-state index is 0.162. The largest absolute Gasteiger partial charge is 0.354 e. The summed E-state index contributed by atoms with van der Waals surface area (Å²) >= 11 is 0. The fraction of sp³-hybridized carbons (Fsp3) is 0.476. The molecule has 1 aromatic carbocycles. The minimum Gasteiger partial charge on any atom is -0.354 e. The summed E-state index contributed by atoms with van der Waals surface area (Å²) in [7, 11) is 0. The van der Waals surface area contributed by atoms with Crippen LogP contribution in [0, 0.1) is 30.6 Å². The number of likely N-dealkylation sites (tertiary alicyclic amines) is 1. The van der Waals surface area contributed by atoms with Crippen molar-refractivity contribution in [2.24, 2.45) is 23.7 Å². The third-order valence-corrected chi connectivity index (χ3v) is 6.12. The Morgan fingerprint density at radius 1 is 1.12 bits per heavy atom. The monoisotopic (exact) mass is 352 g/mol. The molecule has 4 rings (SSSR count). The highest BCUT2D eigenvalue weighted by molar-refractivity contribution is 6.08. The van der Waals surface area contributed by atoms with Gasteiger partial charge in [-0.15, -0.1) is 0 Å². The van der Waals surface area contributed by atoms with Crippen molar-refractivity contribution in [2.75, 3.05) is 13.1 Å². The first-order chi connectivity index (χ1) is 12.5. The number of hydrogen-bond acceptors (Lipinski definition) is 3. The number of nitrogens with zero attached hydrogens (tertiary/aromatic N) is 1. The smallest absolute Gasteiger partial charge is 0.240 e. The number of carbonyl (C=O) groups is 3. The standard InChI is InChI=1S/C21H24N2O3/c1-12-3-5-14(6-4-12)13(2)10-22-17(24)11-23-20(25)18-15-7-8-16(9-15)19(18)21(23)26/h3-8,13,15-16,18-19H,9-11H2,1-2H3,(H,22,24). The number of allylic oxidation sites excluding steroid dienone is 2. The van der Waals surface area contributed by atoms with Crippen molar-refractivity contribution in [2.45, 2.75) is 26.2 Å². The first kappa shape index (κ1) is 17.0. The maximum Gasteiger partial charge on any atom is 0.240 e. The van der Waals surface area contributed by atoms with Gasteiger partial charge in [-0.1, -0.05) is 48.9 Å². The van der Waals surface area contributed by atoms with Crippen molar-refractivity contribution in [1.82, 2.24) is 10.2 Å². The van der Waals surface area contributed by atoms with Gasteiger partial charge in [0.15, 0.2) is 0 Å². The van der Waals surface area contributed by atoms with Crippen molar-refractivity contribution in [3.05, 3.63) is 47.5 Å². The first-order valence-corrected chi connectivity index (χ1v) is 9.32. The van der Waals surface area contributed by atoms with Gasteiger partial charge in [-0.3, -0.25) is 19.3 Å². The number of fused-ring (bicyclic) bond motifs is 5. The van der Waals surface area contributed by atoms with E-state index in [2.05, 4.69) is 41.7 Å². The van der Waals surface area contributed by atoms with E-state index in [1.54, 1.807) is 0 Å². The van der Waals surface area contributed by atoms with E-state index < -0.39 is 0 Å². The van der Waals surface area contributed by atoms with Gasteiger partial charge in [-0.2, -0.15) is 0 Å². The second-order valence-corrected chi connectivity index (χ2v) is 7.88. The molecule has 1 aromatic rings. The lowest BCUT2D eigenvalue weighted by atomic mass is 9.85. The highest BCUT2D eigenvalue weighted by atomic mass is 16.2. The molecule has 0 aromatic heterocycles. The Balaban J connectivity index is 1.33. The van der Waals surface area contributed by atoms with Gasteiger partial charge >= 0.3 is 0 Å². The Morgan fingerprint density at radius 3 is 2.27 bits per heavy atom. The zero-order valence-electron chi connectivity index (χ0n) is 15.1. The summed E-state index contributed by atoms with van der Waals surface area (Å²) in [6.07, 6.45) is 5.02. The quantitative estimate of drug-likeness (QED) is 0.651. The molecule has 5 heteroatoms. The molecule has 5 atom stereocenters. The number of nitrogens with one attached hydrogen (secondary N) is 1. The van der Waals surface area contributed by atoms with E-state index in [1.807, 2.05) is 13.8 Å². The van der Waals surface area contributed by atoms with E-state index in [0.29, 0.717) is 6.54 Å². The van der Waals surface area contributed by atoms with E-state index in [0.717, 1.165) is 12.0 Å². The molecule has 5 nitrogen and oxygen atoms in total.